The van der Waals surface area contributed by atoms with Crippen molar-refractivity contribution >= 4 is 27.6 Å². The molecule has 5 nitrogen and oxygen atoms in total. The van der Waals surface area contributed by atoms with E-state index in [4.69, 9.17) is 5.11 Å². The molecule has 0 aromatic heterocycles. The molecule has 1 aliphatic rings. The highest BCUT2D eigenvalue weighted by atomic mass is 32.2. The SMILES string of the molecule is O=C(O)CCSC1CS(=O)(=O)CC1O. The lowest BCUT2D eigenvalue weighted by Crippen LogP contribution is -2.20. The molecule has 0 aromatic carbocycles. The molecule has 0 radical (unpaired) electrons. The summed E-state index contributed by atoms with van der Waals surface area (Å²) < 4.78 is 22.1. The van der Waals surface area contributed by atoms with E-state index in [1.54, 1.807) is 0 Å². The lowest BCUT2D eigenvalue weighted by molar-refractivity contribution is -0.136. The van der Waals surface area contributed by atoms with Gasteiger partial charge in [0.15, 0.2) is 9.84 Å². The van der Waals surface area contributed by atoms with E-state index in [1.807, 2.05) is 0 Å². The highest BCUT2D eigenvalue weighted by Crippen LogP contribution is 2.25. The second-order valence-electron chi connectivity index (χ2n) is 3.20. The Balaban J connectivity index is 2.36. The molecule has 1 aliphatic heterocycles. The Kier molecular flexibility index (Phi) is 3.79. The summed E-state index contributed by atoms with van der Waals surface area (Å²) in [4.78, 5) is 10.2. The minimum Gasteiger partial charge on any atom is -0.481 e. The van der Waals surface area contributed by atoms with Crippen LogP contribution in [0.4, 0.5) is 0 Å². The molecule has 7 heteroatoms. The number of aliphatic hydroxyl groups excluding tert-OH is 1. The van der Waals surface area contributed by atoms with Gasteiger partial charge >= 0.3 is 5.97 Å². The van der Waals surface area contributed by atoms with Gasteiger partial charge in [0.25, 0.3) is 0 Å². The van der Waals surface area contributed by atoms with Gasteiger partial charge in [0.05, 0.1) is 24.0 Å². The van der Waals surface area contributed by atoms with Crippen LogP contribution in [0, 0.1) is 0 Å². The molecule has 82 valence electrons. The summed E-state index contributed by atoms with van der Waals surface area (Å²) in [5.41, 5.74) is 0. The number of aliphatic carboxylic acids is 1. The second kappa shape index (κ2) is 4.50. The number of hydrogen-bond acceptors (Lipinski definition) is 5. The number of carboxylic acids is 1. The van der Waals surface area contributed by atoms with Crippen LogP contribution in [0.25, 0.3) is 0 Å². The smallest absolute Gasteiger partial charge is 0.304 e. The van der Waals surface area contributed by atoms with Gasteiger partial charge in [0.2, 0.25) is 0 Å². The van der Waals surface area contributed by atoms with Crippen LogP contribution in [0.2, 0.25) is 0 Å². The van der Waals surface area contributed by atoms with Gasteiger partial charge in [-0.05, 0) is 0 Å². The predicted molar refractivity (Wildman–Crippen MR) is 53.2 cm³/mol. The summed E-state index contributed by atoms with van der Waals surface area (Å²) in [6.45, 7) is 0. The van der Waals surface area contributed by atoms with Crippen molar-refractivity contribution in [3.63, 3.8) is 0 Å². The fraction of sp³-hybridized carbons (Fsp3) is 0.857. The summed E-state index contributed by atoms with van der Waals surface area (Å²) in [6.07, 6.45) is -0.854. The van der Waals surface area contributed by atoms with Gasteiger partial charge in [-0.25, -0.2) is 8.42 Å². The zero-order chi connectivity index (χ0) is 10.8. The fourth-order valence-corrected chi connectivity index (χ4v) is 4.91. The van der Waals surface area contributed by atoms with Gasteiger partial charge in [-0.1, -0.05) is 0 Å². The Morgan fingerprint density at radius 2 is 2.07 bits per heavy atom. The maximum Gasteiger partial charge on any atom is 0.304 e. The van der Waals surface area contributed by atoms with Crippen molar-refractivity contribution in [1.82, 2.24) is 0 Å². The molecule has 14 heavy (non-hydrogen) atoms. The summed E-state index contributed by atoms with van der Waals surface area (Å²) >= 11 is 1.21. The lowest BCUT2D eigenvalue weighted by Gasteiger charge is -2.10. The van der Waals surface area contributed by atoms with Gasteiger partial charge in [-0.2, -0.15) is 11.8 Å². The van der Waals surface area contributed by atoms with Crippen molar-refractivity contribution < 1.29 is 23.4 Å². The molecule has 0 aliphatic carbocycles. The first kappa shape index (κ1) is 11.8. The Bertz CT molecular complexity index is 310. The molecule has 0 bridgehead atoms. The van der Waals surface area contributed by atoms with Crippen LogP contribution in [0.5, 0.6) is 0 Å². The Hall–Kier alpha value is -0.270. The third kappa shape index (κ3) is 3.47. The van der Waals surface area contributed by atoms with Crippen molar-refractivity contribution in [2.24, 2.45) is 0 Å². The number of hydrogen-bond donors (Lipinski definition) is 2. The van der Waals surface area contributed by atoms with Gasteiger partial charge in [-0.15, -0.1) is 0 Å². The monoisotopic (exact) mass is 240 g/mol. The van der Waals surface area contributed by atoms with Crippen LogP contribution in [-0.2, 0) is 14.6 Å². The van der Waals surface area contributed by atoms with E-state index in [9.17, 15) is 18.3 Å². The average molecular weight is 240 g/mol. The molecular weight excluding hydrogens is 228 g/mol. The van der Waals surface area contributed by atoms with Crippen LogP contribution in [0.1, 0.15) is 6.42 Å². The normalized spacial score (nSPS) is 30.4. The van der Waals surface area contributed by atoms with E-state index >= 15 is 0 Å². The van der Waals surface area contributed by atoms with E-state index in [0.717, 1.165) is 0 Å². The number of carboxylic acid groups (broad SMARTS) is 1. The summed E-state index contributed by atoms with van der Waals surface area (Å²) in [5.74, 6) is -0.809. The van der Waals surface area contributed by atoms with Crippen LogP contribution < -0.4 is 0 Å². The highest BCUT2D eigenvalue weighted by molar-refractivity contribution is 8.01. The van der Waals surface area contributed by atoms with E-state index in [0.29, 0.717) is 5.75 Å². The molecule has 1 fully saturated rings. The molecular formula is C7H12O5S2. The van der Waals surface area contributed by atoms with Crippen molar-refractivity contribution in [2.75, 3.05) is 17.3 Å². The number of rotatable bonds is 4. The van der Waals surface area contributed by atoms with E-state index in [1.165, 1.54) is 11.8 Å². The summed E-state index contributed by atoms with van der Waals surface area (Å²) in [6, 6.07) is 0. The molecule has 2 N–H and O–H groups in total. The molecule has 1 saturated heterocycles. The first-order valence-electron chi connectivity index (χ1n) is 4.12. The van der Waals surface area contributed by atoms with E-state index in [-0.39, 0.29) is 23.2 Å². The number of aliphatic hydroxyl groups is 1. The summed E-state index contributed by atoms with van der Waals surface area (Å²) in [5, 5.41) is 17.3. The molecule has 1 heterocycles. The van der Waals surface area contributed by atoms with E-state index < -0.39 is 21.9 Å². The first-order valence-corrected chi connectivity index (χ1v) is 6.99. The standard InChI is InChI=1S/C7H12O5S2/c8-5-3-14(11,12)4-6(5)13-2-1-7(9)10/h5-6,8H,1-4H2,(H,9,10). The Morgan fingerprint density at radius 3 is 2.50 bits per heavy atom. The van der Waals surface area contributed by atoms with Gasteiger partial charge in [0, 0.05) is 11.0 Å². The van der Waals surface area contributed by atoms with Crippen LogP contribution in [0.3, 0.4) is 0 Å². The fourth-order valence-electron chi connectivity index (χ4n) is 1.25. The third-order valence-electron chi connectivity index (χ3n) is 1.92. The number of sulfone groups is 1. The molecule has 1 rings (SSSR count). The molecule has 2 atom stereocenters. The molecule has 0 amide bonds. The predicted octanol–water partition coefficient (Wildman–Crippen LogP) is -0.648. The van der Waals surface area contributed by atoms with Crippen molar-refractivity contribution in [2.45, 2.75) is 17.8 Å². The third-order valence-corrected chi connectivity index (χ3v) is 5.20. The Labute approximate surface area is 86.4 Å². The Morgan fingerprint density at radius 1 is 1.43 bits per heavy atom. The topological polar surface area (TPSA) is 91.7 Å². The van der Waals surface area contributed by atoms with Crippen molar-refractivity contribution in [1.29, 1.82) is 0 Å². The number of thioether (sulfide) groups is 1. The number of carbonyl (C=O) groups is 1. The van der Waals surface area contributed by atoms with Gasteiger partial charge < -0.3 is 10.2 Å². The molecule has 0 aromatic rings. The van der Waals surface area contributed by atoms with Crippen LogP contribution >= 0.6 is 11.8 Å². The maximum atomic E-state index is 11.1. The van der Waals surface area contributed by atoms with Gasteiger partial charge in [-0.3, -0.25) is 4.79 Å². The minimum atomic E-state index is -3.11. The minimum absolute atomic E-state index is 0.00602. The van der Waals surface area contributed by atoms with Gasteiger partial charge in [0.1, 0.15) is 0 Å². The second-order valence-corrected chi connectivity index (χ2v) is 6.70. The first-order chi connectivity index (χ1) is 6.41. The lowest BCUT2D eigenvalue weighted by atomic mass is 10.3. The summed E-state index contributed by atoms with van der Waals surface area (Å²) in [7, 11) is -3.11. The largest absolute Gasteiger partial charge is 0.481 e. The zero-order valence-electron chi connectivity index (χ0n) is 7.42. The van der Waals surface area contributed by atoms with E-state index in [2.05, 4.69) is 0 Å². The maximum absolute atomic E-state index is 11.1. The van der Waals surface area contributed by atoms with Crippen LogP contribution in [0.15, 0.2) is 0 Å². The molecule has 0 spiro atoms. The van der Waals surface area contributed by atoms with Crippen LogP contribution in [-0.4, -0.2) is 53.2 Å². The van der Waals surface area contributed by atoms with Crippen molar-refractivity contribution in [3.05, 3.63) is 0 Å². The quantitative estimate of drug-likeness (QED) is 0.678. The average Bonchev–Trinajstić information content (AvgIpc) is 2.24. The molecule has 2 unspecified atom stereocenters. The van der Waals surface area contributed by atoms with Crippen molar-refractivity contribution in [3.8, 4) is 0 Å². The highest BCUT2D eigenvalue weighted by Gasteiger charge is 2.36. The molecule has 0 saturated carbocycles. The zero-order valence-corrected chi connectivity index (χ0v) is 9.05.